The molecular weight excluding hydrogens is 268 g/mol. The van der Waals surface area contributed by atoms with Gasteiger partial charge in [-0.15, -0.1) is 11.3 Å². The molecule has 0 saturated heterocycles. The molecule has 3 rings (SSSR count). The molecule has 0 spiro atoms. The summed E-state index contributed by atoms with van der Waals surface area (Å²) in [7, 11) is 0. The van der Waals surface area contributed by atoms with Crippen molar-refractivity contribution in [2.75, 3.05) is 6.54 Å². The first kappa shape index (κ1) is 13.6. The fourth-order valence-electron chi connectivity index (χ4n) is 2.67. The van der Waals surface area contributed by atoms with Crippen LogP contribution < -0.4 is 5.32 Å². The maximum absolute atomic E-state index is 12.1. The van der Waals surface area contributed by atoms with Crippen LogP contribution in [0.2, 0.25) is 0 Å². The maximum atomic E-state index is 12.1. The first-order chi connectivity index (χ1) is 9.78. The molecule has 1 aliphatic rings. The van der Waals surface area contributed by atoms with Crippen LogP contribution in [0.15, 0.2) is 12.1 Å². The number of rotatable bonds is 4. The fraction of sp³-hybridized carbons (Fsp3) is 0.500. The lowest BCUT2D eigenvalue weighted by atomic mass is 9.96. The second kappa shape index (κ2) is 5.92. The molecule has 2 heterocycles. The molecule has 1 N–H and O–H groups in total. The minimum Gasteiger partial charge on any atom is -0.351 e. The fourth-order valence-corrected chi connectivity index (χ4v) is 3.62. The van der Waals surface area contributed by atoms with Crippen molar-refractivity contribution >= 4 is 27.5 Å². The SMILES string of the molecule is CCCCNC(=O)c1cc2cc3c(nc2s1)CCCC3. The Hall–Kier alpha value is -1.42. The number of aryl methyl sites for hydroxylation is 2. The zero-order valence-corrected chi connectivity index (χ0v) is 12.7. The zero-order valence-electron chi connectivity index (χ0n) is 11.9. The number of carbonyl (C=O) groups excluding carboxylic acids is 1. The van der Waals surface area contributed by atoms with E-state index in [1.54, 1.807) is 0 Å². The van der Waals surface area contributed by atoms with Gasteiger partial charge in [-0.05, 0) is 49.8 Å². The summed E-state index contributed by atoms with van der Waals surface area (Å²) in [6, 6.07) is 4.22. The Morgan fingerprint density at radius 3 is 3.05 bits per heavy atom. The smallest absolute Gasteiger partial charge is 0.261 e. The Kier molecular flexibility index (Phi) is 4.01. The van der Waals surface area contributed by atoms with Crippen LogP contribution >= 0.6 is 11.3 Å². The first-order valence-electron chi connectivity index (χ1n) is 7.48. The van der Waals surface area contributed by atoms with E-state index in [4.69, 9.17) is 4.98 Å². The van der Waals surface area contributed by atoms with Gasteiger partial charge in [-0.2, -0.15) is 0 Å². The van der Waals surface area contributed by atoms with Crippen molar-refractivity contribution in [3.05, 3.63) is 28.3 Å². The van der Waals surface area contributed by atoms with Gasteiger partial charge in [-0.1, -0.05) is 13.3 Å². The highest BCUT2D eigenvalue weighted by molar-refractivity contribution is 7.20. The lowest BCUT2D eigenvalue weighted by molar-refractivity contribution is 0.0957. The molecule has 106 valence electrons. The van der Waals surface area contributed by atoms with Gasteiger partial charge in [0, 0.05) is 17.6 Å². The van der Waals surface area contributed by atoms with Crippen molar-refractivity contribution in [1.82, 2.24) is 10.3 Å². The van der Waals surface area contributed by atoms with Gasteiger partial charge in [0.2, 0.25) is 0 Å². The van der Waals surface area contributed by atoms with Gasteiger partial charge in [0.15, 0.2) is 0 Å². The van der Waals surface area contributed by atoms with E-state index in [-0.39, 0.29) is 5.91 Å². The van der Waals surface area contributed by atoms with E-state index >= 15 is 0 Å². The van der Waals surface area contributed by atoms with Gasteiger partial charge in [0.25, 0.3) is 5.91 Å². The molecule has 0 aromatic carbocycles. The molecule has 1 aliphatic carbocycles. The highest BCUT2D eigenvalue weighted by Gasteiger charge is 2.15. The Labute approximate surface area is 123 Å². The Bertz CT molecular complexity index is 590. The Morgan fingerprint density at radius 1 is 1.35 bits per heavy atom. The summed E-state index contributed by atoms with van der Waals surface area (Å²) >= 11 is 1.51. The number of fused-ring (bicyclic) bond motifs is 2. The van der Waals surface area contributed by atoms with Crippen molar-refractivity contribution in [2.24, 2.45) is 0 Å². The highest BCUT2D eigenvalue weighted by atomic mass is 32.1. The zero-order chi connectivity index (χ0) is 13.9. The van der Waals surface area contributed by atoms with Gasteiger partial charge in [-0.25, -0.2) is 4.98 Å². The highest BCUT2D eigenvalue weighted by Crippen LogP contribution is 2.29. The predicted octanol–water partition coefficient (Wildman–Crippen LogP) is 3.71. The third-order valence-corrected chi connectivity index (χ3v) is 4.87. The number of pyridine rings is 1. The number of carbonyl (C=O) groups is 1. The molecule has 0 atom stereocenters. The van der Waals surface area contributed by atoms with Gasteiger partial charge in [0.05, 0.1) is 4.88 Å². The van der Waals surface area contributed by atoms with Crippen molar-refractivity contribution in [3.8, 4) is 0 Å². The minimum absolute atomic E-state index is 0.0411. The molecule has 4 heteroatoms. The van der Waals surface area contributed by atoms with Gasteiger partial charge in [-0.3, -0.25) is 4.79 Å². The lowest BCUT2D eigenvalue weighted by Gasteiger charge is -2.13. The van der Waals surface area contributed by atoms with Crippen LogP contribution in [-0.4, -0.2) is 17.4 Å². The summed E-state index contributed by atoms with van der Waals surface area (Å²) in [5.74, 6) is 0.0411. The summed E-state index contributed by atoms with van der Waals surface area (Å²) in [6.45, 7) is 2.88. The van der Waals surface area contributed by atoms with Crippen molar-refractivity contribution in [1.29, 1.82) is 0 Å². The van der Waals surface area contributed by atoms with Crippen LogP contribution in [0.5, 0.6) is 0 Å². The van der Waals surface area contributed by atoms with E-state index in [1.165, 1.54) is 35.4 Å². The predicted molar refractivity (Wildman–Crippen MR) is 83.5 cm³/mol. The van der Waals surface area contributed by atoms with E-state index in [9.17, 15) is 4.79 Å². The van der Waals surface area contributed by atoms with Gasteiger partial charge in [0.1, 0.15) is 4.83 Å². The second-order valence-corrected chi connectivity index (χ2v) is 6.45. The summed E-state index contributed by atoms with van der Waals surface area (Å²) in [4.78, 5) is 18.6. The molecule has 0 aliphatic heterocycles. The summed E-state index contributed by atoms with van der Waals surface area (Å²) in [5, 5.41) is 4.10. The number of aromatic nitrogens is 1. The average molecular weight is 288 g/mol. The van der Waals surface area contributed by atoms with Crippen LogP contribution in [0.1, 0.15) is 53.5 Å². The van der Waals surface area contributed by atoms with Crippen LogP contribution in [0, 0.1) is 0 Å². The second-order valence-electron chi connectivity index (χ2n) is 5.42. The Morgan fingerprint density at radius 2 is 2.20 bits per heavy atom. The number of hydrogen-bond donors (Lipinski definition) is 1. The number of unbranched alkanes of at least 4 members (excludes halogenated alkanes) is 1. The minimum atomic E-state index is 0.0411. The molecule has 0 saturated carbocycles. The topological polar surface area (TPSA) is 42.0 Å². The quantitative estimate of drug-likeness (QED) is 0.872. The molecule has 0 unspecified atom stereocenters. The Balaban J connectivity index is 1.85. The van der Waals surface area contributed by atoms with Crippen LogP contribution in [0.25, 0.3) is 10.2 Å². The lowest BCUT2D eigenvalue weighted by Crippen LogP contribution is -2.23. The molecular formula is C16H20N2OS. The van der Waals surface area contributed by atoms with E-state index in [0.717, 1.165) is 47.3 Å². The van der Waals surface area contributed by atoms with E-state index in [1.807, 2.05) is 6.07 Å². The van der Waals surface area contributed by atoms with Crippen molar-refractivity contribution < 1.29 is 4.79 Å². The number of thiophene rings is 1. The third-order valence-electron chi connectivity index (χ3n) is 3.83. The molecule has 0 radical (unpaired) electrons. The van der Waals surface area contributed by atoms with Crippen LogP contribution in [-0.2, 0) is 12.8 Å². The van der Waals surface area contributed by atoms with E-state index < -0.39 is 0 Å². The molecule has 2 aromatic heterocycles. The number of hydrogen-bond acceptors (Lipinski definition) is 3. The average Bonchev–Trinajstić information content (AvgIpc) is 2.87. The molecule has 1 amide bonds. The van der Waals surface area contributed by atoms with E-state index in [0.29, 0.717) is 0 Å². The number of nitrogens with zero attached hydrogens (tertiary/aromatic N) is 1. The van der Waals surface area contributed by atoms with Crippen molar-refractivity contribution in [2.45, 2.75) is 45.4 Å². The molecule has 0 fully saturated rings. The largest absolute Gasteiger partial charge is 0.351 e. The first-order valence-corrected chi connectivity index (χ1v) is 8.30. The number of amides is 1. The summed E-state index contributed by atoms with van der Waals surface area (Å²) in [6.07, 6.45) is 6.84. The normalized spacial score (nSPS) is 14.2. The molecule has 20 heavy (non-hydrogen) atoms. The molecule has 0 bridgehead atoms. The maximum Gasteiger partial charge on any atom is 0.261 e. The summed E-state index contributed by atoms with van der Waals surface area (Å²) < 4.78 is 0. The van der Waals surface area contributed by atoms with Gasteiger partial charge >= 0.3 is 0 Å². The number of nitrogens with one attached hydrogen (secondary N) is 1. The standard InChI is InChI=1S/C16H20N2OS/c1-2-3-8-17-15(19)14-10-12-9-11-6-4-5-7-13(11)18-16(12)20-14/h9-10H,2-8H2,1H3,(H,17,19). The summed E-state index contributed by atoms with van der Waals surface area (Å²) in [5.41, 5.74) is 2.61. The monoisotopic (exact) mass is 288 g/mol. The van der Waals surface area contributed by atoms with Gasteiger partial charge < -0.3 is 5.32 Å². The van der Waals surface area contributed by atoms with E-state index in [2.05, 4.69) is 18.3 Å². The third kappa shape index (κ3) is 2.70. The molecule has 3 nitrogen and oxygen atoms in total. The van der Waals surface area contributed by atoms with Crippen LogP contribution in [0.4, 0.5) is 0 Å². The molecule has 2 aromatic rings. The van der Waals surface area contributed by atoms with Crippen molar-refractivity contribution in [3.63, 3.8) is 0 Å². The van der Waals surface area contributed by atoms with Crippen LogP contribution in [0.3, 0.4) is 0 Å².